The van der Waals surface area contributed by atoms with Gasteiger partial charge in [-0.2, -0.15) is 16.8 Å². The van der Waals surface area contributed by atoms with Gasteiger partial charge in [0.15, 0.2) is 11.6 Å². The first-order valence-electron chi connectivity index (χ1n) is 11.1. The topological polar surface area (TPSA) is 190 Å². The van der Waals surface area contributed by atoms with Gasteiger partial charge in [0.25, 0.3) is 20.2 Å². The molecule has 0 spiro atoms. The standard InChI is InChI=1S/C26H18N2O9S2.2Na.2H/c27-24-21(39(34,35)36)13-18(22-23(24)26(30)17-9-5-4-8-16(17)25(22)29)28-14-10-11-19(20(12-14)38(31,32)33)37-15-6-2-1-3-7-15;;;;/h1-13,28H,27H2,(H,31,32,33)(H,34,35,36);;;;. The normalized spacial score (nSPS) is 12.3. The Balaban J connectivity index is 0.00000231. The molecule has 0 amide bonds. The van der Waals surface area contributed by atoms with Gasteiger partial charge < -0.3 is 15.8 Å². The zero-order valence-corrected chi connectivity index (χ0v) is 21.3. The molecule has 4 aromatic rings. The molecule has 0 atom stereocenters. The molecule has 202 valence electrons. The van der Waals surface area contributed by atoms with Crippen LogP contribution in [0.1, 0.15) is 31.8 Å². The van der Waals surface area contributed by atoms with Gasteiger partial charge in [-0.05, 0) is 36.4 Å². The maximum absolute atomic E-state index is 13.4. The van der Waals surface area contributed by atoms with Gasteiger partial charge in [-0.25, -0.2) is 0 Å². The van der Waals surface area contributed by atoms with Gasteiger partial charge in [-0.1, -0.05) is 42.5 Å². The van der Waals surface area contributed by atoms with E-state index in [1.54, 1.807) is 36.4 Å². The van der Waals surface area contributed by atoms with Crippen LogP contribution in [0.2, 0.25) is 0 Å². The van der Waals surface area contributed by atoms with Crippen molar-refractivity contribution < 1.29 is 40.3 Å². The predicted molar refractivity (Wildman–Crippen MR) is 154 cm³/mol. The van der Waals surface area contributed by atoms with Crippen molar-refractivity contribution in [1.82, 2.24) is 0 Å². The van der Waals surface area contributed by atoms with Crippen molar-refractivity contribution in [3.8, 4) is 11.5 Å². The van der Waals surface area contributed by atoms with Crippen LogP contribution in [0.3, 0.4) is 0 Å². The summed E-state index contributed by atoms with van der Waals surface area (Å²) in [7, 11) is -9.78. The van der Waals surface area contributed by atoms with Crippen molar-refractivity contribution in [2.24, 2.45) is 0 Å². The van der Waals surface area contributed by atoms with Crippen molar-refractivity contribution in [3.63, 3.8) is 0 Å². The Kier molecular flexibility index (Phi) is 9.93. The van der Waals surface area contributed by atoms with Crippen LogP contribution in [-0.2, 0) is 20.2 Å². The summed E-state index contributed by atoms with van der Waals surface area (Å²) in [6, 6.07) is 18.5. The third kappa shape index (κ3) is 6.44. The van der Waals surface area contributed by atoms with E-state index < -0.39 is 52.8 Å². The van der Waals surface area contributed by atoms with E-state index in [0.717, 1.165) is 12.1 Å². The van der Waals surface area contributed by atoms with Crippen LogP contribution in [0.15, 0.2) is 88.7 Å². The van der Waals surface area contributed by atoms with Crippen LogP contribution >= 0.6 is 0 Å². The number of nitrogen functional groups attached to an aromatic ring is 1. The van der Waals surface area contributed by atoms with Gasteiger partial charge >= 0.3 is 59.1 Å². The molecule has 1 aliphatic rings. The summed E-state index contributed by atoms with van der Waals surface area (Å²) < 4.78 is 73.7. The van der Waals surface area contributed by atoms with Gasteiger partial charge in [0.2, 0.25) is 0 Å². The molecule has 0 saturated carbocycles. The van der Waals surface area contributed by atoms with E-state index in [2.05, 4.69) is 5.32 Å². The van der Waals surface area contributed by atoms with Crippen molar-refractivity contribution in [2.75, 3.05) is 11.1 Å². The molecule has 0 radical (unpaired) electrons. The van der Waals surface area contributed by atoms with E-state index >= 15 is 0 Å². The molecule has 0 aliphatic heterocycles. The molecule has 5 rings (SSSR count). The summed E-state index contributed by atoms with van der Waals surface area (Å²) in [5.41, 5.74) is 4.40. The first kappa shape index (κ1) is 32.9. The molecule has 41 heavy (non-hydrogen) atoms. The second-order valence-electron chi connectivity index (χ2n) is 8.44. The van der Waals surface area contributed by atoms with Crippen LogP contribution in [0, 0.1) is 0 Å². The number of anilines is 3. The molecule has 1 aliphatic carbocycles. The molecule has 4 aromatic carbocycles. The predicted octanol–water partition coefficient (Wildman–Crippen LogP) is 2.78. The summed E-state index contributed by atoms with van der Waals surface area (Å²) >= 11 is 0. The number of fused-ring (bicyclic) bond motifs is 2. The number of ketones is 2. The summed E-state index contributed by atoms with van der Waals surface area (Å²) in [4.78, 5) is 25.3. The van der Waals surface area contributed by atoms with E-state index in [0.29, 0.717) is 0 Å². The first-order chi connectivity index (χ1) is 18.4. The Morgan fingerprint density at radius 1 is 0.683 bits per heavy atom. The number of nitrogens with one attached hydrogen (secondary N) is 1. The molecule has 0 heterocycles. The fourth-order valence-corrected chi connectivity index (χ4v) is 5.54. The SMILES string of the molecule is Nc1c(S(=O)(=O)O)cc(Nc2ccc(Oc3ccccc3)c(S(=O)(=O)O)c2)c2c1C(=O)c1ccccc1C2=O.[NaH].[NaH]. The minimum atomic E-state index is -4.96. The van der Waals surface area contributed by atoms with E-state index in [1.807, 2.05) is 0 Å². The number of hydrogen-bond donors (Lipinski definition) is 4. The molecule has 0 unspecified atom stereocenters. The second kappa shape index (κ2) is 12.4. The Bertz CT molecular complexity index is 1920. The van der Waals surface area contributed by atoms with E-state index in [1.165, 1.54) is 30.3 Å². The van der Waals surface area contributed by atoms with Crippen LogP contribution in [-0.4, -0.2) is 96.6 Å². The van der Waals surface area contributed by atoms with E-state index in [-0.39, 0.29) is 98.7 Å². The monoisotopic (exact) mass is 614 g/mol. The number of rotatable bonds is 6. The van der Waals surface area contributed by atoms with Crippen LogP contribution in [0.25, 0.3) is 0 Å². The van der Waals surface area contributed by atoms with Crippen molar-refractivity contribution in [3.05, 3.63) is 101 Å². The molecule has 0 fully saturated rings. The quantitative estimate of drug-likeness (QED) is 0.125. The van der Waals surface area contributed by atoms with Gasteiger partial charge in [-0.15, -0.1) is 0 Å². The van der Waals surface area contributed by atoms with Gasteiger partial charge in [0.05, 0.1) is 22.5 Å². The number of hydrogen-bond acceptors (Lipinski definition) is 9. The van der Waals surface area contributed by atoms with E-state index in [4.69, 9.17) is 10.5 Å². The van der Waals surface area contributed by atoms with Crippen LogP contribution < -0.4 is 15.8 Å². The first-order valence-corrected chi connectivity index (χ1v) is 14.0. The fourth-order valence-electron chi connectivity index (χ4n) is 4.25. The average molecular weight is 615 g/mol. The fraction of sp³-hybridized carbons (Fsp3) is 0. The number of carbonyl (C=O) groups excluding carboxylic acids is 2. The summed E-state index contributed by atoms with van der Waals surface area (Å²) in [5.74, 6) is -1.32. The molecule has 11 nitrogen and oxygen atoms in total. The summed E-state index contributed by atoms with van der Waals surface area (Å²) in [5, 5.41) is 2.72. The number of nitrogens with two attached hydrogens (primary N) is 1. The average Bonchev–Trinajstić information content (AvgIpc) is 2.88. The number of benzene rings is 4. The van der Waals surface area contributed by atoms with Crippen LogP contribution in [0.5, 0.6) is 11.5 Å². The van der Waals surface area contributed by atoms with Gasteiger partial charge in [0.1, 0.15) is 21.3 Å². The zero-order chi connectivity index (χ0) is 28.1. The second-order valence-corrected chi connectivity index (χ2v) is 11.2. The van der Waals surface area contributed by atoms with Crippen LogP contribution in [0.4, 0.5) is 17.1 Å². The third-order valence-corrected chi connectivity index (χ3v) is 7.72. The Morgan fingerprint density at radius 3 is 1.78 bits per heavy atom. The summed E-state index contributed by atoms with van der Waals surface area (Å²) in [6.07, 6.45) is 0. The molecular formula is C26H20N2Na2O9S2. The Morgan fingerprint density at radius 2 is 1.22 bits per heavy atom. The molecule has 0 bridgehead atoms. The maximum atomic E-state index is 13.4. The molecule has 0 saturated heterocycles. The van der Waals surface area contributed by atoms with Gasteiger partial charge in [0, 0.05) is 16.8 Å². The minimum absolute atomic E-state index is 0. The Labute approximate surface area is 279 Å². The van der Waals surface area contributed by atoms with Crippen molar-refractivity contribution in [1.29, 1.82) is 0 Å². The van der Waals surface area contributed by atoms with Crippen molar-refractivity contribution in [2.45, 2.75) is 9.79 Å². The van der Waals surface area contributed by atoms with Gasteiger partial charge in [-0.3, -0.25) is 18.7 Å². The number of para-hydroxylation sites is 1. The summed E-state index contributed by atoms with van der Waals surface area (Å²) in [6.45, 7) is 0. The molecule has 0 aromatic heterocycles. The Hall–Kier alpha value is -2.56. The van der Waals surface area contributed by atoms with Crippen molar-refractivity contribution >= 4 is 108 Å². The zero-order valence-electron chi connectivity index (χ0n) is 19.7. The van der Waals surface area contributed by atoms with E-state index in [9.17, 15) is 35.5 Å². The molecule has 5 N–H and O–H groups in total. The number of carbonyl (C=O) groups is 2. The number of ether oxygens (including phenoxy) is 1. The molecule has 15 heteroatoms. The third-order valence-electron chi connectivity index (χ3n) is 5.95. The molecular weight excluding hydrogens is 594 g/mol.